The summed E-state index contributed by atoms with van der Waals surface area (Å²) in [6.45, 7) is 0. The van der Waals surface area contributed by atoms with Gasteiger partial charge in [-0.2, -0.15) is 0 Å². The zero-order valence-corrected chi connectivity index (χ0v) is 13.2. The molecule has 1 aliphatic heterocycles. The highest BCUT2D eigenvalue weighted by molar-refractivity contribution is 6.30. The van der Waals surface area contributed by atoms with E-state index in [0.717, 1.165) is 22.5 Å². The summed E-state index contributed by atoms with van der Waals surface area (Å²) in [5.41, 5.74) is 2.87. The van der Waals surface area contributed by atoms with Crippen molar-refractivity contribution >= 4 is 17.4 Å². The van der Waals surface area contributed by atoms with Crippen LogP contribution in [-0.2, 0) is 6.42 Å². The first-order valence-corrected chi connectivity index (χ1v) is 7.37. The smallest absolute Gasteiger partial charge is 0.157 e. The van der Waals surface area contributed by atoms with Crippen molar-refractivity contribution in [1.82, 2.24) is 4.90 Å². The van der Waals surface area contributed by atoms with Gasteiger partial charge in [-0.25, -0.2) is 0 Å². The van der Waals surface area contributed by atoms with Crippen molar-refractivity contribution in [2.75, 3.05) is 14.1 Å². The molecule has 2 N–H and O–H groups in total. The van der Waals surface area contributed by atoms with Gasteiger partial charge in [0.1, 0.15) is 11.9 Å². The lowest BCUT2D eigenvalue weighted by atomic mass is 9.90. The summed E-state index contributed by atoms with van der Waals surface area (Å²) < 4.78 is 0. The number of nitrogens with zero attached hydrogens (tertiary/aromatic N) is 2. The molecule has 2 aromatic rings. The Morgan fingerprint density at radius 3 is 2.36 bits per heavy atom. The summed E-state index contributed by atoms with van der Waals surface area (Å²) in [6, 6.07) is 10.5. The van der Waals surface area contributed by atoms with E-state index in [-0.39, 0.29) is 17.5 Å². The number of amidine groups is 1. The normalized spacial score (nSPS) is 16.9. The Balaban J connectivity index is 2.15. The van der Waals surface area contributed by atoms with E-state index in [1.165, 1.54) is 0 Å². The van der Waals surface area contributed by atoms with Gasteiger partial charge in [-0.05, 0) is 41.0 Å². The molecule has 0 fully saturated rings. The molecule has 0 aliphatic carbocycles. The monoisotopic (exact) mass is 316 g/mol. The summed E-state index contributed by atoms with van der Waals surface area (Å²) in [5, 5.41) is 20.3. The zero-order chi connectivity index (χ0) is 15.9. The fourth-order valence-corrected chi connectivity index (χ4v) is 2.78. The summed E-state index contributed by atoms with van der Waals surface area (Å²) in [6.07, 6.45) is 0.625. The van der Waals surface area contributed by atoms with Gasteiger partial charge in [0.2, 0.25) is 0 Å². The summed E-state index contributed by atoms with van der Waals surface area (Å²) >= 11 is 5.96. The van der Waals surface area contributed by atoms with Gasteiger partial charge < -0.3 is 15.1 Å². The fraction of sp³-hybridized carbons (Fsp3) is 0.235. The number of rotatable bonds is 1. The number of phenolic OH excluding ortho intramolecular Hbond substituents is 2. The molecule has 0 saturated carbocycles. The highest BCUT2D eigenvalue weighted by Crippen LogP contribution is 2.39. The lowest BCUT2D eigenvalue weighted by molar-refractivity contribution is 0.402. The highest BCUT2D eigenvalue weighted by atomic mass is 35.5. The maximum Gasteiger partial charge on any atom is 0.157 e. The van der Waals surface area contributed by atoms with Crippen LogP contribution < -0.4 is 0 Å². The Kier molecular flexibility index (Phi) is 3.71. The van der Waals surface area contributed by atoms with Crippen molar-refractivity contribution in [1.29, 1.82) is 0 Å². The average molecular weight is 317 g/mol. The van der Waals surface area contributed by atoms with Crippen molar-refractivity contribution in [2.24, 2.45) is 4.99 Å². The van der Waals surface area contributed by atoms with Gasteiger partial charge in [-0.1, -0.05) is 23.7 Å². The standard InChI is InChI=1S/C17H17ClN2O2/c1-20(2)16-8-11-7-14(21)15(22)9-13(11)17(19-16)10-3-5-12(18)6-4-10/h3-7,9,17,21-22H,8H2,1-2H3. The number of hydrogen-bond donors (Lipinski definition) is 2. The second-order valence-electron chi connectivity index (χ2n) is 5.61. The van der Waals surface area contributed by atoms with E-state index in [1.807, 2.05) is 43.3 Å². The Bertz CT molecular complexity index is 739. The molecule has 1 heterocycles. The number of likely N-dealkylation sites (N-methyl/N-ethyl adjacent to an activating group) is 1. The van der Waals surface area contributed by atoms with Gasteiger partial charge in [0.15, 0.2) is 11.5 Å². The van der Waals surface area contributed by atoms with Crippen LogP contribution in [0, 0.1) is 0 Å². The first-order chi connectivity index (χ1) is 10.5. The Labute approximate surface area is 134 Å². The van der Waals surface area contributed by atoms with Crippen LogP contribution in [0.15, 0.2) is 41.4 Å². The van der Waals surface area contributed by atoms with Crippen molar-refractivity contribution in [3.8, 4) is 11.5 Å². The molecular weight excluding hydrogens is 300 g/mol. The number of halogens is 1. The second kappa shape index (κ2) is 5.54. The number of phenols is 2. The Hall–Kier alpha value is -2.20. The molecule has 22 heavy (non-hydrogen) atoms. The van der Waals surface area contributed by atoms with Crippen LogP contribution in [0.2, 0.25) is 5.02 Å². The molecule has 0 aromatic heterocycles. The zero-order valence-electron chi connectivity index (χ0n) is 12.4. The first kappa shape index (κ1) is 14.7. The first-order valence-electron chi connectivity index (χ1n) is 7.00. The number of hydrogen-bond acceptors (Lipinski definition) is 4. The van der Waals surface area contributed by atoms with Gasteiger partial charge in [0.25, 0.3) is 0 Å². The van der Waals surface area contributed by atoms with Crippen molar-refractivity contribution < 1.29 is 10.2 Å². The number of benzene rings is 2. The summed E-state index contributed by atoms with van der Waals surface area (Å²) in [5.74, 6) is 0.701. The lowest BCUT2D eigenvalue weighted by Crippen LogP contribution is -2.28. The minimum Gasteiger partial charge on any atom is -0.504 e. The van der Waals surface area contributed by atoms with E-state index in [0.29, 0.717) is 11.4 Å². The fourth-order valence-electron chi connectivity index (χ4n) is 2.65. The minimum absolute atomic E-state index is 0.103. The molecule has 2 aromatic carbocycles. The molecule has 114 valence electrons. The number of aromatic hydroxyl groups is 2. The SMILES string of the molecule is CN(C)C1=NC(c2ccc(Cl)cc2)c2cc(O)c(O)cc2C1. The average Bonchev–Trinajstić information content (AvgIpc) is 2.48. The molecule has 4 nitrogen and oxygen atoms in total. The molecule has 0 radical (unpaired) electrons. The molecule has 3 rings (SSSR count). The molecule has 5 heteroatoms. The van der Waals surface area contributed by atoms with Crippen molar-refractivity contribution in [3.63, 3.8) is 0 Å². The third-order valence-corrected chi connectivity index (χ3v) is 4.11. The quantitative estimate of drug-likeness (QED) is 0.793. The number of fused-ring (bicyclic) bond motifs is 1. The van der Waals surface area contributed by atoms with Gasteiger partial charge in [-0.3, -0.25) is 4.99 Å². The van der Waals surface area contributed by atoms with E-state index < -0.39 is 0 Å². The summed E-state index contributed by atoms with van der Waals surface area (Å²) in [4.78, 5) is 6.77. The third-order valence-electron chi connectivity index (χ3n) is 3.86. The van der Waals surface area contributed by atoms with Crippen molar-refractivity contribution in [2.45, 2.75) is 12.5 Å². The van der Waals surface area contributed by atoms with Gasteiger partial charge in [0.05, 0.1) is 0 Å². The molecule has 1 aliphatic rings. The van der Waals surface area contributed by atoms with Crippen LogP contribution in [0.25, 0.3) is 0 Å². The molecule has 1 unspecified atom stereocenters. The van der Waals surface area contributed by atoms with Crippen LogP contribution in [-0.4, -0.2) is 35.0 Å². The Morgan fingerprint density at radius 2 is 1.73 bits per heavy atom. The van der Waals surface area contributed by atoms with Crippen molar-refractivity contribution in [3.05, 3.63) is 58.1 Å². The van der Waals surface area contributed by atoms with Crippen LogP contribution >= 0.6 is 11.6 Å². The molecule has 1 atom stereocenters. The van der Waals surface area contributed by atoms with E-state index in [2.05, 4.69) is 0 Å². The van der Waals surface area contributed by atoms with Gasteiger partial charge in [-0.15, -0.1) is 0 Å². The minimum atomic E-state index is -0.218. The van der Waals surface area contributed by atoms with Gasteiger partial charge >= 0.3 is 0 Å². The van der Waals surface area contributed by atoms with Crippen LogP contribution in [0.3, 0.4) is 0 Å². The van der Waals surface area contributed by atoms with Crippen LogP contribution in [0.5, 0.6) is 11.5 Å². The molecule has 0 bridgehead atoms. The molecule has 0 spiro atoms. The van der Waals surface area contributed by atoms with Crippen LogP contribution in [0.1, 0.15) is 22.7 Å². The maximum atomic E-state index is 9.83. The molecular formula is C17H17ClN2O2. The lowest BCUT2D eigenvalue weighted by Gasteiger charge is -2.28. The predicted molar refractivity (Wildman–Crippen MR) is 87.9 cm³/mol. The van der Waals surface area contributed by atoms with Crippen LogP contribution in [0.4, 0.5) is 0 Å². The van der Waals surface area contributed by atoms with E-state index in [1.54, 1.807) is 12.1 Å². The highest BCUT2D eigenvalue weighted by Gasteiger charge is 2.25. The largest absolute Gasteiger partial charge is 0.504 e. The number of aliphatic imine (C=N–C) groups is 1. The third kappa shape index (κ3) is 2.62. The second-order valence-corrected chi connectivity index (χ2v) is 6.05. The molecule has 0 amide bonds. The Morgan fingerprint density at radius 1 is 1.09 bits per heavy atom. The van der Waals surface area contributed by atoms with E-state index in [4.69, 9.17) is 16.6 Å². The van der Waals surface area contributed by atoms with E-state index in [9.17, 15) is 10.2 Å². The topological polar surface area (TPSA) is 56.1 Å². The predicted octanol–water partition coefficient (Wildman–Crippen LogP) is 3.36. The molecule has 0 saturated heterocycles. The van der Waals surface area contributed by atoms with Gasteiger partial charge in [0, 0.05) is 25.5 Å². The van der Waals surface area contributed by atoms with E-state index >= 15 is 0 Å². The summed E-state index contributed by atoms with van der Waals surface area (Å²) in [7, 11) is 3.89. The maximum absolute atomic E-state index is 9.83.